The summed E-state index contributed by atoms with van der Waals surface area (Å²) in [6, 6.07) is 17.9. The van der Waals surface area contributed by atoms with E-state index < -0.39 is 0 Å². The molecule has 8 heterocycles. The Morgan fingerprint density at radius 1 is 0.745 bits per heavy atom. The Morgan fingerprint density at radius 3 is 1.91 bits per heavy atom. The van der Waals surface area contributed by atoms with Crippen LogP contribution in [0.2, 0.25) is 0 Å². The van der Waals surface area contributed by atoms with Crippen LogP contribution in [0.25, 0.3) is 0 Å². The molecule has 0 N–H and O–H groups in total. The third kappa shape index (κ3) is 8.04. The van der Waals surface area contributed by atoms with Gasteiger partial charge in [0.2, 0.25) is 0 Å². The summed E-state index contributed by atoms with van der Waals surface area (Å²) in [4.78, 5) is 35.5. The van der Waals surface area contributed by atoms with E-state index in [-0.39, 0.29) is 24.4 Å². The predicted molar refractivity (Wildman–Crippen MR) is 182 cm³/mol. The molecule has 4 bridgehead atoms. The monoisotopic (exact) mass is 660 g/mol. The largest absolute Gasteiger partial charge is 0.467 e. The molecule has 6 saturated heterocycles. The summed E-state index contributed by atoms with van der Waals surface area (Å²) in [6.45, 7) is 7.51. The summed E-state index contributed by atoms with van der Waals surface area (Å²) in [5.74, 6) is 1.82. The second kappa shape index (κ2) is 15.3. The Balaban J connectivity index is 0.000000150. The SMILES string of the molecule is O=C(O[C@H]1CN2CCC1CC2)N(Cc1ccco1)c1ccccc1.O=C(O[C@H]1CN2CCC1CC2)N(Cc1cccs1)C1CCCC1. The predicted octanol–water partition coefficient (Wildman–Crippen LogP) is 7.24. The molecular formula is C37H48N4O5S. The molecule has 47 heavy (non-hydrogen) atoms. The van der Waals surface area contributed by atoms with E-state index >= 15 is 0 Å². The summed E-state index contributed by atoms with van der Waals surface area (Å²) in [7, 11) is 0. The molecule has 1 saturated carbocycles. The molecule has 1 aromatic carbocycles. The van der Waals surface area contributed by atoms with E-state index in [2.05, 4.69) is 27.3 Å². The van der Waals surface area contributed by atoms with Crippen LogP contribution in [0.1, 0.15) is 62.0 Å². The van der Waals surface area contributed by atoms with Crippen LogP contribution >= 0.6 is 11.3 Å². The second-order valence-corrected chi connectivity index (χ2v) is 14.8. The van der Waals surface area contributed by atoms with Crippen LogP contribution in [-0.2, 0) is 22.6 Å². The van der Waals surface area contributed by atoms with Gasteiger partial charge in [0, 0.05) is 29.7 Å². The minimum Gasteiger partial charge on any atom is -0.467 e. The van der Waals surface area contributed by atoms with Crippen molar-refractivity contribution in [2.75, 3.05) is 44.2 Å². The van der Waals surface area contributed by atoms with Crippen molar-refractivity contribution in [2.24, 2.45) is 11.8 Å². The van der Waals surface area contributed by atoms with E-state index in [4.69, 9.17) is 13.9 Å². The van der Waals surface area contributed by atoms with Crippen molar-refractivity contribution in [1.82, 2.24) is 14.7 Å². The van der Waals surface area contributed by atoms with Gasteiger partial charge in [0.15, 0.2) is 0 Å². The van der Waals surface area contributed by atoms with E-state index in [0.29, 0.717) is 31.0 Å². The van der Waals surface area contributed by atoms with Crippen LogP contribution in [0.4, 0.5) is 15.3 Å². The Morgan fingerprint density at radius 2 is 1.38 bits per heavy atom. The van der Waals surface area contributed by atoms with Crippen molar-refractivity contribution in [1.29, 1.82) is 0 Å². The first-order chi connectivity index (χ1) is 23.1. The number of benzene rings is 1. The van der Waals surface area contributed by atoms with Gasteiger partial charge in [-0.3, -0.25) is 14.7 Å². The smallest absolute Gasteiger partial charge is 0.415 e. The number of furan rings is 1. The number of hydrogen-bond acceptors (Lipinski definition) is 8. The highest BCUT2D eigenvalue weighted by Gasteiger charge is 2.39. The number of amides is 2. The van der Waals surface area contributed by atoms with E-state index in [9.17, 15) is 9.59 Å². The second-order valence-electron chi connectivity index (χ2n) is 13.8. The molecule has 7 fully saturated rings. The zero-order chi connectivity index (χ0) is 32.0. The van der Waals surface area contributed by atoms with Gasteiger partial charge in [-0.15, -0.1) is 11.3 Å². The number of piperidine rings is 6. The average Bonchev–Trinajstić information content (AvgIpc) is 3.93. The maximum Gasteiger partial charge on any atom is 0.415 e. The van der Waals surface area contributed by atoms with Crippen LogP contribution in [0, 0.1) is 11.8 Å². The molecule has 1 aliphatic carbocycles. The molecule has 10 heteroatoms. The lowest BCUT2D eigenvalue weighted by Gasteiger charge is -2.44. The number of anilines is 1. The number of rotatable bonds is 8. The zero-order valence-electron chi connectivity index (χ0n) is 27.3. The van der Waals surface area contributed by atoms with Gasteiger partial charge in [0.05, 0.1) is 19.4 Å². The number of hydrogen-bond donors (Lipinski definition) is 0. The van der Waals surface area contributed by atoms with Gasteiger partial charge in [-0.05, 0) is 112 Å². The highest BCUT2D eigenvalue weighted by atomic mass is 32.1. The van der Waals surface area contributed by atoms with E-state index in [1.54, 1.807) is 22.5 Å². The molecular weight excluding hydrogens is 612 g/mol. The molecule has 2 aromatic heterocycles. The van der Waals surface area contributed by atoms with Crippen molar-refractivity contribution >= 4 is 29.2 Å². The molecule has 7 aliphatic rings. The molecule has 9 nitrogen and oxygen atoms in total. The maximum atomic E-state index is 12.9. The summed E-state index contributed by atoms with van der Waals surface area (Å²) >= 11 is 1.73. The Labute approximate surface area is 282 Å². The number of ether oxygens (including phenoxy) is 2. The number of fused-ring (bicyclic) bond motifs is 6. The van der Waals surface area contributed by atoms with Crippen LogP contribution in [0.3, 0.4) is 0 Å². The lowest BCUT2D eigenvalue weighted by Crippen LogP contribution is -2.53. The highest BCUT2D eigenvalue weighted by molar-refractivity contribution is 7.09. The fraction of sp³-hybridized carbons (Fsp3) is 0.568. The molecule has 2 atom stereocenters. The first-order valence-corrected chi connectivity index (χ1v) is 18.5. The minimum atomic E-state index is -0.295. The van der Waals surface area contributed by atoms with Gasteiger partial charge in [-0.1, -0.05) is 37.1 Å². The third-order valence-corrected chi connectivity index (χ3v) is 11.6. The molecule has 0 radical (unpaired) electrons. The van der Waals surface area contributed by atoms with Crippen LogP contribution in [-0.4, -0.2) is 84.4 Å². The number of thiophene rings is 1. The summed E-state index contributed by atoms with van der Waals surface area (Å²) < 4.78 is 17.3. The van der Waals surface area contributed by atoms with Crippen molar-refractivity contribution in [3.63, 3.8) is 0 Å². The van der Waals surface area contributed by atoms with Crippen molar-refractivity contribution in [2.45, 2.75) is 82.7 Å². The summed E-state index contributed by atoms with van der Waals surface area (Å²) in [5, 5.41) is 2.08. The number of para-hydroxylation sites is 1. The standard InChI is InChI=1S/C19H22N2O3.C18H26N2O2S/c22-19(24-18-14-20-10-8-15(18)9-11-20)21(13-17-7-4-12-23-17)16-5-2-1-3-6-16;21-18(22-17-13-19-9-7-14(17)8-10-19)20(15-4-1-2-5-15)12-16-6-3-11-23-16/h1-7,12,15,18H,8-11,13-14H2;3,6,11,14-15,17H,1-2,4-5,7-10,12-13H2/t18-;17-/m00/s1. The highest BCUT2D eigenvalue weighted by Crippen LogP contribution is 2.33. The van der Waals surface area contributed by atoms with Gasteiger partial charge < -0.3 is 18.8 Å². The maximum absolute atomic E-state index is 12.9. The van der Waals surface area contributed by atoms with E-state index in [1.807, 2.05) is 47.4 Å². The number of nitrogens with zero attached hydrogens (tertiary/aromatic N) is 4. The van der Waals surface area contributed by atoms with Gasteiger partial charge in [0.25, 0.3) is 0 Å². The topological polar surface area (TPSA) is 78.7 Å². The number of carbonyl (C=O) groups excluding carboxylic acids is 2. The first kappa shape index (κ1) is 32.2. The van der Waals surface area contributed by atoms with E-state index in [0.717, 1.165) is 63.3 Å². The fourth-order valence-electron chi connectivity index (χ4n) is 8.04. The van der Waals surface area contributed by atoms with E-state index in [1.165, 1.54) is 43.6 Å². The molecule has 0 unspecified atom stereocenters. The van der Waals surface area contributed by atoms with Crippen LogP contribution in [0.15, 0.2) is 70.7 Å². The Kier molecular flexibility index (Phi) is 10.5. The van der Waals surface area contributed by atoms with Crippen LogP contribution in [0.5, 0.6) is 0 Å². The average molecular weight is 661 g/mol. The Bertz CT molecular complexity index is 1400. The quantitative estimate of drug-likeness (QED) is 0.252. The normalized spacial score (nSPS) is 27.9. The molecule has 10 rings (SSSR count). The van der Waals surface area contributed by atoms with Gasteiger partial charge in [0.1, 0.15) is 18.0 Å². The molecule has 0 spiro atoms. The third-order valence-electron chi connectivity index (χ3n) is 10.8. The van der Waals surface area contributed by atoms with Crippen molar-refractivity contribution < 1.29 is 23.5 Å². The summed E-state index contributed by atoms with van der Waals surface area (Å²) in [6.07, 6.45) is 10.7. The van der Waals surface area contributed by atoms with Crippen LogP contribution < -0.4 is 4.90 Å². The summed E-state index contributed by atoms with van der Waals surface area (Å²) in [5.41, 5.74) is 0.820. The van der Waals surface area contributed by atoms with Crippen molar-refractivity contribution in [3.05, 3.63) is 76.9 Å². The lowest BCUT2D eigenvalue weighted by molar-refractivity contribution is -0.0474. The molecule has 6 aliphatic heterocycles. The Hall–Kier alpha value is -3.34. The molecule has 2 amide bonds. The fourth-order valence-corrected chi connectivity index (χ4v) is 8.74. The number of carbonyl (C=O) groups is 2. The lowest BCUT2D eigenvalue weighted by atomic mass is 9.86. The van der Waals surface area contributed by atoms with Gasteiger partial charge in [-0.25, -0.2) is 9.59 Å². The molecule has 252 valence electrons. The van der Waals surface area contributed by atoms with Crippen molar-refractivity contribution in [3.8, 4) is 0 Å². The van der Waals surface area contributed by atoms with Gasteiger partial charge in [-0.2, -0.15) is 0 Å². The molecule has 3 aromatic rings. The first-order valence-electron chi connectivity index (χ1n) is 17.6. The minimum absolute atomic E-state index is 0.00260. The van der Waals surface area contributed by atoms with Gasteiger partial charge >= 0.3 is 12.2 Å². The zero-order valence-corrected chi connectivity index (χ0v) is 28.1.